The molecular weight excluding hydrogens is 192 g/mol. The molecule has 1 heterocycles. The molecule has 0 unspecified atom stereocenters. The molecule has 80 valence electrons. The molecule has 0 aromatic carbocycles. The predicted octanol–water partition coefficient (Wildman–Crippen LogP) is 2.04. The lowest BCUT2D eigenvalue weighted by Gasteiger charge is -2.19. The van der Waals surface area contributed by atoms with Gasteiger partial charge in [0.15, 0.2) is 5.43 Å². The minimum atomic E-state index is -0.259. The molecule has 0 aliphatic heterocycles. The molecule has 0 fully saturated rings. The standard InChI is InChI=1S/C12H14O3/c1-7-3-8(2)11-10(4-7)15-6-9(5-13)12(11)14/h4,6,8,13H,3,5H2,1-2H3/t8-/m0/s1. The summed E-state index contributed by atoms with van der Waals surface area (Å²) in [4.78, 5) is 11.9. The molecule has 0 amide bonds. The molecule has 1 aromatic heterocycles. The van der Waals surface area contributed by atoms with E-state index in [1.54, 1.807) is 0 Å². The molecule has 1 aromatic rings. The van der Waals surface area contributed by atoms with Gasteiger partial charge in [-0.1, -0.05) is 12.5 Å². The Morgan fingerprint density at radius 3 is 3.00 bits per heavy atom. The number of allylic oxidation sites excluding steroid dienone is 1. The van der Waals surface area contributed by atoms with Crippen molar-refractivity contribution < 1.29 is 9.52 Å². The van der Waals surface area contributed by atoms with Crippen LogP contribution in [0.1, 0.15) is 43.1 Å². The van der Waals surface area contributed by atoms with Crippen LogP contribution in [-0.2, 0) is 6.61 Å². The molecular formula is C12H14O3. The molecule has 1 aliphatic carbocycles. The highest BCUT2D eigenvalue weighted by atomic mass is 16.3. The van der Waals surface area contributed by atoms with Gasteiger partial charge in [0.2, 0.25) is 0 Å². The van der Waals surface area contributed by atoms with Gasteiger partial charge in [-0.2, -0.15) is 0 Å². The fraction of sp³-hybridized carbons (Fsp3) is 0.417. The SMILES string of the molecule is CC1=Cc2occ(CO)c(=O)c2[C@@H](C)C1. The lowest BCUT2D eigenvalue weighted by Crippen LogP contribution is -2.20. The Bertz CT molecular complexity index is 468. The molecule has 1 aliphatic rings. The van der Waals surface area contributed by atoms with E-state index in [1.165, 1.54) is 11.8 Å². The van der Waals surface area contributed by atoms with Gasteiger partial charge in [0.05, 0.1) is 12.2 Å². The van der Waals surface area contributed by atoms with Crippen molar-refractivity contribution in [3.8, 4) is 0 Å². The summed E-state index contributed by atoms with van der Waals surface area (Å²) >= 11 is 0. The lowest BCUT2D eigenvalue weighted by molar-refractivity contribution is 0.275. The lowest BCUT2D eigenvalue weighted by atomic mass is 9.87. The van der Waals surface area contributed by atoms with Crippen LogP contribution in [0.15, 0.2) is 21.0 Å². The number of fused-ring (bicyclic) bond motifs is 1. The average molecular weight is 206 g/mol. The maximum atomic E-state index is 11.9. The minimum Gasteiger partial charge on any atom is -0.464 e. The topological polar surface area (TPSA) is 50.4 Å². The number of hydrogen-bond acceptors (Lipinski definition) is 3. The largest absolute Gasteiger partial charge is 0.464 e. The van der Waals surface area contributed by atoms with Crippen LogP contribution in [0.4, 0.5) is 0 Å². The van der Waals surface area contributed by atoms with E-state index in [4.69, 9.17) is 9.52 Å². The first kappa shape index (κ1) is 10.2. The third-order valence-electron chi connectivity index (χ3n) is 2.80. The molecule has 0 bridgehead atoms. The maximum absolute atomic E-state index is 11.9. The summed E-state index contributed by atoms with van der Waals surface area (Å²) < 4.78 is 5.36. The summed E-state index contributed by atoms with van der Waals surface area (Å²) in [6.45, 7) is 3.78. The summed E-state index contributed by atoms with van der Waals surface area (Å²) in [5, 5.41) is 8.98. The van der Waals surface area contributed by atoms with Crippen molar-refractivity contribution >= 4 is 6.08 Å². The maximum Gasteiger partial charge on any atom is 0.194 e. The van der Waals surface area contributed by atoms with Gasteiger partial charge < -0.3 is 9.52 Å². The zero-order valence-corrected chi connectivity index (χ0v) is 8.91. The molecule has 1 atom stereocenters. The van der Waals surface area contributed by atoms with Gasteiger partial charge in [0.25, 0.3) is 0 Å². The van der Waals surface area contributed by atoms with E-state index in [0.717, 1.165) is 6.42 Å². The summed E-state index contributed by atoms with van der Waals surface area (Å²) in [5.41, 5.74) is 2.19. The molecule has 2 rings (SSSR count). The Kier molecular flexibility index (Phi) is 2.49. The van der Waals surface area contributed by atoms with Gasteiger partial charge in [-0.15, -0.1) is 0 Å². The van der Waals surface area contributed by atoms with Crippen LogP contribution in [0.3, 0.4) is 0 Å². The minimum absolute atomic E-state index is 0.0741. The van der Waals surface area contributed by atoms with Crippen LogP contribution >= 0.6 is 0 Å². The van der Waals surface area contributed by atoms with Gasteiger partial charge in [0, 0.05) is 5.56 Å². The number of aliphatic hydroxyl groups is 1. The fourth-order valence-electron chi connectivity index (χ4n) is 2.09. The van der Waals surface area contributed by atoms with Crippen LogP contribution in [0.2, 0.25) is 0 Å². The normalized spacial score (nSPS) is 19.7. The molecule has 3 heteroatoms. The first-order valence-electron chi connectivity index (χ1n) is 5.06. The van der Waals surface area contributed by atoms with E-state index >= 15 is 0 Å². The smallest absolute Gasteiger partial charge is 0.194 e. The first-order valence-corrected chi connectivity index (χ1v) is 5.06. The van der Waals surface area contributed by atoms with E-state index in [0.29, 0.717) is 16.9 Å². The average Bonchev–Trinajstić information content (AvgIpc) is 2.17. The van der Waals surface area contributed by atoms with E-state index in [9.17, 15) is 4.79 Å². The summed E-state index contributed by atoms with van der Waals surface area (Å²) in [5.74, 6) is 0.821. The molecule has 0 radical (unpaired) electrons. The van der Waals surface area contributed by atoms with Crippen molar-refractivity contribution in [3.63, 3.8) is 0 Å². The highest BCUT2D eigenvalue weighted by molar-refractivity contribution is 5.55. The van der Waals surface area contributed by atoms with Crippen LogP contribution in [0.5, 0.6) is 0 Å². The monoisotopic (exact) mass is 206 g/mol. The van der Waals surface area contributed by atoms with Gasteiger partial charge >= 0.3 is 0 Å². The van der Waals surface area contributed by atoms with Crippen LogP contribution in [-0.4, -0.2) is 5.11 Å². The molecule has 1 N–H and O–H groups in total. The van der Waals surface area contributed by atoms with Gasteiger partial charge in [-0.25, -0.2) is 0 Å². The molecule has 0 saturated heterocycles. The molecule has 0 saturated carbocycles. The van der Waals surface area contributed by atoms with E-state index in [-0.39, 0.29) is 18.0 Å². The number of hydrogen-bond donors (Lipinski definition) is 1. The molecule has 0 spiro atoms. The third kappa shape index (κ3) is 1.63. The van der Waals surface area contributed by atoms with E-state index in [2.05, 4.69) is 0 Å². The van der Waals surface area contributed by atoms with Crippen molar-refractivity contribution in [2.45, 2.75) is 32.8 Å². The second-order valence-corrected chi connectivity index (χ2v) is 4.12. The summed E-state index contributed by atoms with van der Waals surface area (Å²) in [6, 6.07) is 0. The van der Waals surface area contributed by atoms with Gasteiger partial charge in [-0.05, 0) is 25.3 Å². The first-order chi connectivity index (χ1) is 7.13. The highest BCUT2D eigenvalue weighted by Crippen LogP contribution is 2.30. The quantitative estimate of drug-likeness (QED) is 0.765. The zero-order chi connectivity index (χ0) is 11.0. The zero-order valence-electron chi connectivity index (χ0n) is 8.91. The van der Waals surface area contributed by atoms with Crippen molar-refractivity contribution in [1.29, 1.82) is 0 Å². The predicted molar refractivity (Wildman–Crippen MR) is 57.6 cm³/mol. The van der Waals surface area contributed by atoms with Crippen molar-refractivity contribution in [2.24, 2.45) is 0 Å². The second kappa shape index (κ2) is 3.66. The Hall–Kier alpha value is -1.35. The van der Waals surface area contributed by atoms with Crippen molar-refractivity contribution in [1.82, 2.24) is 0 Å². The Morgan fingerprint density at radius 2 is 2.33 bits per heavy atom. The van der Waals surface area contributed by atoms with Crippen LogP contribution in [0.25, 0.3) is 6.08 Å². The summed E-state index contributed by atoms with van der Waals surface area (Å²) in [6.07, 6.45) is 4.13. The van der Waals surface area contributed by atoms with Crippen molar-refractivity contribution in [2.75, 3.05) is 0 Å². The van der Waals surface area contributed by atoms with E-state index in [1.807, 2.05) is 19.9 Å². The molecule has 3 nitrogen and oxygen atoms in total. The Morgan fingerprint density at radius 1 is 1.60 bits per heavy atom. The highest BCUT2D eigenvalue weighted by Gasteiger charge is 2.22. The second-order valence-electron chi connectivity index (χ2n) is 4.12. The summed E-state index contributed by atoms with van der Waals surface area (Å²) in [7, 11) is 0. The van der Waals surface area contributed by atoms with Crippen LogP contribution in [0, 0.1) is 0 Å². The fourth-order valence-corrected chi connectivity index (χ4v) is 2.09. The molecule has 15 heavy (non-hydrogen) atoms. The van der Waals surface area contributed by atoms with Gasteiger partial charge in [0.1, 0.15) is 12.0 Å². The number of rotatable bonds is 1. The number of aliphatic hydroxyl groups excluding tert-OH is 1. The Labute approximate surface area is 88.1 Å². The van der Waals surface area contributed by atoms with Gasteiger partial charge in [-0.3, -0.25) is 4.79 Å². The van der Waals surface area contributed by atoms with E-state index < -0.39 is 0 Å². The van der Waals surface area contributed by atoms with Crippen molar-refractivity contribution in [3.05, 3.63) is 38.9 Å². The Balaban J connectivity index is 2.67. The third-order valence-corrected chi connectivity index (χ3v) is 2.80. The van der Waals surface area contributed by atoms with Crippen LogP contribution < -0.4 is 5.43 Å².